The van der Waals surface area contributed by atoms with Crippen LogP contribution in [0, 0.1) is 18.6 Å². The molecule has 0 saturated heterocycles. The van der Waals surface area contributed by atoms with Gasteiger partial charge in [0.2, 0.25) is 0 Å². The van der Waals surface area contributed by atoms with Gasteiger partial charge in [-0.25, -0.2) is 8.78 Å². The minimum Gasteiger partial charge on any atom is -0.493 e. The van der Waals surface area contributed by atoms with Crippen molar-refractivity contribution in [1.29, 1.82) is 0 Å². The van der Waals surface area contributed by atoms with E-state index in [1.165, 1.54) is 12.1 Å². The van der Waals surface area contributed by atoms with Crippen molar-refractivity contribution in [3.63, 3.8) is 0 Å². The third kappa shape index (κ3) is 2.33. The molecule has 0 aromatic heterocycles. The highest BCUT2D eigenvalue weighted by atomic mass is 19.1. The number of ether oxygens (including phenoxy) is 1. The summed E-state index contributed by atoms with van der Waals surface area (Å²) in [4.78, 5) is 0. The molecule has 2 nitrogen and oxygen atoms in total. The first-order valence-corrected chi connectivity index (χ1v) is 6.59. The van der Waals surface area contributed by atoms with Crippen molar-refractivity contribution in [3.05, 3.63) is 59.2 Å². The number of rotatable bonds is 2. The quantitative estimate of drug-likeness (QED) is 0.886. The summed E-state index contributed by atoms with van der Waals surface area (Å²) in [5.41, 5.74) is 1.47. The largest absolute Gasteiger partial charge is 0.493 e. The molecule has 1 N–H and O–H groups in total. The number of hydrogen-bond acceptors (Lipinski definition) is 2. The summed E-state index contributed by atoms with van der Waals surface area (Å²) in [5, 5.41) is 3.08. The van der Waals surface area contributed by atoms with E-state index in [1.807, 2.05) is 24.3 Å². The van der Waals surface area contributed by atoms with E-state index in [0.29, 0.717) is 18.6 Å². The average molecular weight is 275 g/mol. The lowest BCUT2D eigenvalue weighted by Crippen LogP contribution is -2.20. The summed E-state index contributed by atoms with van der Waals surface area (Å²) in [7, 11) is 0. The first kappa shape index (κ1) is 12.9. The van der Waals surface area contributed by atoms with Gasteiger partial charge in [0, 0.05) is 18.1 Å². The molecule has 104 valence electrons. The van der Waals surface area contributed by atoms with Crippen LogP contribution in [0.1, 0.15) is 23.6 Å². The van der Waals surface area contributed by atoms with Crippen LogP contribution in [0.3, 0.4) is 0 Å². The van der Waals surface area contributed by atoms with Crippen molar-refractivity contribution in [3.8, 4) is 5.75 Å². The first-order chi connectivity index (χ1) is 9.65. The summed E-state index contributed by atoms with van der Waals surface area (Å²) >= 11 is 0. The Morgan fingerprint density at radius 3 is 2.80 bits per heavy atom. The van der Waals surface area contributed by atoms with E-state index in [1.54, 1.807) is 6.92 Å². The van der Waals surface area contributed by atoms with Crippen molar-refractivity contribution in [2.24, 2.45) is 0 Å². The zero-order valence-corrected chi connectivity index (χ0v) is 11.1. The molecular formula is C16H15F2NO. The van der Waals surface area contributed by atoms with Crippen LogP contribution in [-0.2, 0) is 0 Å². The molecule has 0 amide bonds. The van der Waals surface area contributed by atoms with Gasteiger partial charge >= 0.3 is 0 Å². The molecule has 3 rings (SSSR count). The normalized spacial score (nSPS) is 17.2. The van der Waals surface area contributed by atoms with Gasteiger partial charge in [0.15, 0.2) is 0 Å². The maximum Gasteiger partial charge on any atom is 0.146 e. The van der Waals surface area contributed by atoms with Crippen LogP contribution in [-0.4, -0.2) is 6.61 Å². The highest BCUT2D eigenvalue weighted by Gasteiger charge is 2.22. The topological polar surface area (TPSA) is 21.3 Å². The number of para-hydroxylation sites is 1. The summed E-state index contributed by atoms with van der Waals surface area (Å²) in [5.74, 6) is -0.0497. The Kier molecular flexibility index (Phi) is 3.30. The lowest BCUT2D eigenvalue weighted by Gasteiger charge is -2.27. The van der Waals surface area contributed by atoms with E-state index in [-0.39, 0.29) is 11.7 Å². The summed E-state index contributed by atoms with van der Waals surface area (Å²) in [6.07, 6.45) is 0.714. The molecule has 0 spiro atoms. The van der Waals surface area contributed by atoms with Crippen LogP contribution < -0.4 is 10.1 Å². The predicted molar refractivity (Wildman–Crippen MR) is 74.0 cm³/mol. The number of nitrogens with one attached hydrogen (secondary N) is 1. The van der Waals surface area contributed by atoms with E-state index < -0.39 is 11.6 Å². The van der Waals surface area contributed by atoms with Crippen molar-refractivity contribution in [2.45, 2.75) is 19.4 Å². The fourth-order valence-corrected chi connectivity index (χ4v) is 2.44. The fourth-order valence-electron chi connectivity index (χ4n) is 2.44. The molecule has 1 unspecified atom stereocenters. The molecule has 0 fully saturated rings. The minimum atomic E-state index is -0.437. The molecule has 1 aliphatic heterocycles. The Morgan fingerprint density at radius 1 is 1.15 bits per heavy atom. The van der Waals surface area contributed by atoms with Gasteiger partial charge in [-0.3, -0.25) is 0 Å². The summed E-state index contributed by atoms with van der Waals surface area (Å²) < 4.78 is 33.0. The molecular weight excluding hydrogens is 260 g/mol. The van der Waals surface area contributed by atoms with Gasteiger partial charge in [0.25, 0.3) is 0 Å². The Bertz CT molecular complexity index is 642. The third-order valence-electron chi connectivity index (χ3n) is 3.54. The summed E-state index contributed by atoms with van der Waals surface area (Å²) in [6, 6.07) is 9.98. The molecule has 0 radical (unpaired) electrons. The SMILES string of the molecule is Cc1cc(F)c(NC2CCOc3ccccc32)cc1F. The molecule has 0 bridgehead atoms. The van der Waals surface area contributed by atoms with E-state index in [0.717, 1.165) is 11.3 Å². The Hall–Kier alpha value is -2.10. The lowest BCUT2D eigenvalue weighted by atomic mass is 10.00. The van der Waals surface area contributed by atoms with Gasteiger partial charge in [0.05, 0.1) is 18.3 Å². The molecule has 4 heteroatoms. The highest BCUT2D eigenvalue weighted by Crippen LogP contribution is 2.34. The van der Waals surface area contributed by atoms with Gasteiger partial charge in [-0.05, 0) is 24.6 Å². The molecule has 0 aliphatic carbocycles. The molecule has 0 saturated carbocycles. The van der Waals surface area contributed by atoms with Crippen molar-refractivity contribution < 1.29 is 13.5 Å². The number of anilines is 1. The van der Waals surface area contributed by atoms with E-state index in [4.69, 9.17) is 4.74 Å². The second-order valence-electron chi connectivity index (χ2n) is 4.95. The summed E-state index contributed by atoms with van der Waals surface area (Å²) in [6.45, 7) is 2.11. The molecule has 2 aromatic carbocycles. The smallest absolute Gasteiger partial charge is 0.146 e. The number of hydrogen-bond donors (Lipinski definition) is 1. The first-order valence-electron chi connectivity index (χ1n) is 6.59. The monoisotopic (exact) mass is 275 g/mol. The zero-order chi connectivity index (χ0) is 14.1. The van der Waals surface area contributed by atoms with Gasteiger partial charge < -0.3 is 10.1 Å². The average Bonchev–Trinajstić information content (AvgIpc) is 2.45. The van der Waals surface area contributed by atoms with Crippen LogP contribution in [0.5, 0.6) is 5.75 Å². The lowest BCUT2D eigenvalue weighted by molar-refractivity contribution is 0.274. The number of fused-ring (bicyclic) bond motifs is 1. The standard InChI is InChI=1S/C16H15F2NO/c1-10-8-13(18)15(9-12(10)17)19-14-6-7-20-16-5-3-2-4-11(14)16/h2-5,8-9,14,19H,6-7H2,1H3. The molecule has 1 atom stereocenters. The van der Waals surface area contributed by atoms with Gasteiger partial charge in [-0.15, -0.1) is 0 Å². The molecule has 2 aromatic rings. The second-order valence-corrected chi connectivity index (χ2v) is 4.95. The van der Waals surface area contributed by atoms with Crippen LogP contribution in [0.4, 0.5) is 14.5 Å². The molecule has 1 heterocycles. The Balaban J connectivity index is 1.91. The highest BCUT2D eigenvalue weighted by molar-refractivity contribution is 5.51. The van der Waals surface area contributed by atoms with Crippen molar-refractivity contribution >= 4 is 5.69 Å². The number of benzene rings is 2. The van der Waals surface area contributed by atoms with Gasteiger partial charge in [-0.1, -0.05) is 18.2 Å². The maximum absolute atomic E-state index is 13.9. The van der Waals surface area contributed by atoms with Crippen LogP contribution in [0.15, 0.2) is 36.4 Å². The van der Waals surface area contributed by atoms with E-state index >= 15 is 0 Å². The third-order valence-corrected chi connectivity index (χ3v) is 3.54. The Morgan fingerprint density at radius 2 is 1.95 bits per heavy atom. The number of halogens is 2. The van der Waals surface area contributed by atoms with Crippen molar-refractivity contribution in [1.82, 2.24) is 0 Å². The van der Waals surface area contributed by atoms with Crippen molar-refractivity contribution in [2.75, 3.05) is 11.9 Å². The van der Waals surface area contributed by atoms with Crippen LogP contribution in [0.25, 0.3) is 0 Å². The maximum atomic E-state index is 13.9. The molecule has 1 aliphatic rings. The minimum absolute atomic E-state index is 0.0726. The fraction of sp³-hybridized carbons (Fsp3) is 0.250. The number of aryl methyl sites for hydroxylation is 1. The zero-order valence-electron chi connectivity index (χ0n) is 11.1. The Labute approximate surface area is 116 Å². The van der Waals surface area contributed by atoms with E-state index in [2.05, 4.69) is 5.32 Å². The van der Waals surface area contributed by atoms with Gasteiger partial charge in [-0.2, -0.15) is 0 Å². The van der Waals surface area contributed by atoms with E-state index in [9.17, 15) is 8.78 Å². The molecule has 20 heavy (non-hydrogen) atoms. The van der Waals surface area contributed by atoms with Crippen LogP contribution >= 0.6 is 0 Å². The van der Waals surface area contributed by atoms with Gasteiger partial charge in [0.1, 0.15) is 17.4 Å². The van der Waals surface area contributed by atoms with Crippen LogP contribution in [0.2, 0.25) is 0 Å². The predicted octanol–water partition coefficient (Wildman–Crippen LogP) is 4.21. The second kappa shape index (κ2) is 5.12.